The van der Waals surface area contributed by atoms with Gasteiger partial charge in [-0.15, -0.1) is 0 Å². The molecule has 2 bridgehead atoms. The van der Waals surface area contributed by atoms with Crippen LogP contribution in [0.2, 0.25) is 0 Å². The predicted octanol–water partition coefficient (Wildman–Crippen LogP) is 1.94. The lowest BCUT2D eigenvalue weighted by atomic mass is 9.45. The lowest BCUT2D eigenvalue weighted by molar-refractivity contribution is -0.166. The molecular formula is C23H30N2O4. The van der Waals surface area contributed by atoms with E-state index in [-0.39, 0.29) is 35.5 Å². The van der Waals surface area contributed by atoms with E-state index in [1.165, 1.54) is 19.3 Å². The SMILES string of the molecule is NC(=O)c1ccc2c(c1O)[C@]13CCC(NCC4CCC4)[C@H](C2)[C@]1(O)CCC(=O)C3. The minimum atomic E-state index is -1.06. The van der Waals surface area contributed by atoms with Gasteiger partial charge in [-0.25, -0.2) is 0 Å². The van der Waals surface area contributed by atoms with Crippen molar-refractivity contribution < 1.29 is 19.8 Å². The first-order valence-electron chi connectivity index (χ1n) is 11.0. The van der Waals surface area contributed by atoms with Crippen LogP contribution in [-0.4, -0.2) is 40.1 Å². The lowest BCUT2D eigenvalue weighted by Gasteiger charge is -2.62. The Kier molecular flexibility index (Phi) is 4.30. The van der Waals surface area contributed by atoms with Crippen LogP contribution < -0.4 is 11.1 Å². The number of nitrogens with one attached hydrogen (secondary N) is 1. The molecule has 1 unspecified atom stereocenters. The van der Waals surface area contributed by atoms with Gasteiger partial charge in [-0.3, -0.25) is 9.59 Å². The van der Waals surface area contributed by atoms with Crippen molar-refractivity contribution >= 4 is 11.7 Å². The zero-order valence-corrected chi connectivity index (χ0v) is 16.7. The van der Waals surface area contributed by atoms with Crippen molar-refractivity contribution in [2.45, 2.75) is 74.8 Å². The maximum Gasteiger partial charge on any atom is 0.252 e. The zero-order chi connectivity index (χ0) is 20.4. The number of carbonyl (C=O) groups excluding carboxylic acids is 2. The van der Waals surface area contributed by atoms with Crippen LogP contribution in [0.25, 0.3) is 0 Å². The molecule has 0 heterocycles. The van der Waals surface area contributed by atoms with E-state index in [4.69, 9.17) is 5.73 Å². The number of amides is 1. The Bertz CT molecular complexity index is 880. The monoisotopic (exact) mass is 398 g/mol. The fourth-order valence-electron chi connectivity index (χ4n) is 6.70. The summed E-state index contributed by atoms with van der Waals surface area (Å²) in [6.45, 7) is 0.988. The van der Waals surface area contributed by atoms with Gasteiger partial charge in [0.2, 0.25) is 0 Å². The molecule has 6 nitrogen and oxygen atoms in total. The van der Waals surface area contributed by atoms with Crippen LogP contribution >= 0.6 is 0 Å². The molecule has 0 saturated heterocycles. The summed E-state index contributed by atoms with van der Waals surface area (Å²) in [5.41, 5.74) is 5.19. The number of phenols is 1. The van der Waals surface area contributed by atoms with Crippen molar-refractivity contribution in [3.8, 4) is 5.75 Å². The Hall–Kier alpha value is -1.92. The second-order valence-corrected chi connectivity index (χ2v) is 9.74. The molecule has 4 atom stereocenters. The summed E-state index contributed by atoms with van der Waals surface area (Å²) in [4.78, 5) is 24.4. The van der Waals surface area contributed by atoms with Crippen LogP contribution in [0.5, 0.6) is 5.75 Å². The van der Waals surface area contributed by atoms with E-state index in [0.29, 0.717) is 31.2 Å². The number of nitrogens with two attached hydrogens (primary N) is 1. The molecule has 1 aromatic carbocycles. The number of fused-ring (bicyclic) bond motifs is 1. The smallest absolute Gasteiger partial charge is 0.252 e. The Balaban J connectivity index is 1.59. The molecule has 1 aromatic rings. The van der Waals surface area contributed by atoms with Crippen molar-refractivity contribution in [3.63, 3.8) is 0 Å². The predicted molar refractivity (Wildman–Crippen MR) is 108 cm³/mol. The van der Waals surface area contributed by atoms with Crippen molar-refractivity contribution in [2.75, 3.05) is 6.54 Å². The molecule has 5 rings (SSSR count). The normalized spacial score (nSPS) is 36.1. The van der Waals surface area contributed by atoms with Gasteiger partial charge in [0.25, 0.3) is 5.91 Å². The van der Waals surface area contributed by atoms with Gasteiger partial charge in [-0.2, -0.15) is 0 Å². The summed E-state index contributed by atoms with van der Waals surface area (Å²) < 4.78 is 0. The van der Waals surface area contributed by atoms with Gasteiger partial charge in [0.1, 0.15) is 11.5 Å². The Morgan fingerprint density at radius 2 is 2.03 bits per heavy atom. The van der Waals surface area contributed by atoms with Gasteiger partial charge < -0.3 is 21.3 Å². The number of Topliss-reactive ketones (excluding diaryl/α,β-unsaturated/α-hetero) is 1. The maximum absolute atomic E-state index is 12.5. The topological polar surface area (TPSA) is 113 Å². The number of primary amides is 1. The molecule has 29 heavy (non-hydrogen) atoms. The van der Waals surface area contributed by atoms with E-state index in [9.17, 15) is 19.8 Å². The highest BCUT2D eigenvalue weighted by atomic mass is 16.3. The highest BCUT2D eigenvalue weighted by Gasteiger charge is 2.65. The summed E-state index contributed by atoms with van der Waals surface area (Å²) in [6, 6.07) is 3.64. The standard InChI is InChI=1S/C23H30N2O4/c24-21(28)16-5-4-14-10-17-18(25-12-13-2-1-3-13)7-8-22(19(14)20(16)27)11-15(26)6-9-23(17,22)29/h4-5,13,17-18,25,27,29H,1-3,6-12H2,(H2,24,28)/t17-,18?,22+,23+/m0/s1. The summed E-state index contributed by atoms with van der Waals surface area (Å²) >= 11 is 0. The molecule has 5 N–H and O–H groups in total. The first kappa shape index (κ1) is 19.1. The van der Waals surface area contributed by atoms with E-state index in [1.54, 1.807) is 6.07 Å². The van der Waals surface area contributed by atoms with Gasteiger partial charge >= 0.3 is 0 Å². The second-order valence-electron chi connectivity index (χ2n) is 9.74. The van der Waals surface area contributed by atoms with Crippen molar-refractivity contribution in [2.24, 2.45) is 17.6 Å². The van der Waals surface area contributed by atoms with Crippen LogP contribution in [-0.2, 0) is 16.6 Å². The summed E-state index contributed by atoms with van der Waals surface area (Å²) in [7, 11) is 0. The molecule has 3 fully saturated rings. The van der Waals surface area contributed by atoms with Gasteiger partial charge in [0, 0.05) is 35.8 Å². The molecule has 1 amide bonds. The average molecular weight is 399 g/mol. The van der Waals surface area contributed by atoms with Crippen molar-refractivity contribution in [3.05, 3.63) is 28.8 Å². The molecule has 0 radical (unpaired) electrons. The fourth-order valence-corrected chi connectivity index (χ4v) is 6.70. The van der Waals surface area contributed by atoms with E-state index < -0.39 is 16.9 Å². The van der Waals surface area contributed by atoms with Crippen LogP contribution in [0.15, 0.2) is 12.1 Å². The molecule has 4 aliphatic rings. The van der Waals surface area contributed by atoms with E-state index in [1.807, 2.05) is 6.07 Å². The van der Waals surface area contributed by atoms with Gasteiger partial charge in [0.15, 0.2) is 0 Å². The highest BCUT2D eigenvalue weighted by molar-refractivity contribution is 5.96. The lowest BCUT2D eigenvalue weighted by Crippen LogP contribution is -2.70. The largest absolute Gasteiger partial charge is 0.507 e. The minimum Gasteiger partial charge on any atom is -0.507 e. The van der Waals surface area contributed by atoms with E-state index >= 15 is 0 Å². The van der Waals surface area contributed by atoms with Gasteiger partial charge in [-0.1, -0.05) is 12.5 Å². The maximum atomic E-state index is 12.5. The molecule has 0 aliphatic heterocycles. The van der Waals surface area contributed by atoms with Crippen molar-refractivity contribution in [1.82, 2.24) is 5.32 Å². The Labute approximate surface area is 170 Å². The van der Waals surface area contributed by atoms with Crippen LogP contribution in [0, 0.1) is 11.8 Å². The third-order valence-electron chi connectivity index (χ3n) is 8.44. The second kappa shape index (κ2) is 6.54. The first-order valence-corrected chi connectivity index (χ1v) is 11.0. The molecule has 4 aliphatic carbocycles. The molecule has 3 saturated carbocycles. The van der Waals surface area contributed by atoms with Crippen LogP contribution in [0.3, 0.4) is 0 Å². The molecular weight excluding hydrogens is 368 g/mol. The number of benzene rings is 1. The number of hydrogen-bond acceptors (Lipinski definition) is 5. The average Bonchev–Trinajstić information content (AvgIpc) is 2.62. The number of carbonyl (C=O) groups is 2. The summed E-state index contributed by atoms with van der Waals surface area (Å²) in [6.07, 6.45) is 6.98. The van der Waals surface area contributed by atoms with Crippen LogP contribution in [0.4, 0.5) is 0 Å². The number of hydrogen-bond donors (Lipinski definition) is 4. The van der Waals surface area contributed by atoms with Crippen molar-refractivity contribution in [1.29, 1.82) is 0 Å². The molecule has 156 valence electrons. The fraction of sp³-hybridized carbons (Fsp3) is 0.652. The minimum absolute atomic E-state index is 0.00393. The van der Waals surface area contributed by atoms with Gasteiger partial charge in [-0.05, 0) is 62.6 Å². The Morgan fingerprint density at radius 3 is 2.72 bits per heavy atom. The zero-order valence-electron chi connectivity index (χ0n) is 16.7. The number of aliphatic hydroxyl groups is 1. The highest BCUT2D eigenvalue weighted by Crippen LogP contribution is 2.62. The van der Waals surface area contributed by atoms with E-state index in [2.05, 4.69) is 5.32 Å². The van der Waals surface area contributed by atoms with Gasteiger partial charge in [0.05, 0.1) is 11.2 Å². The first-order chi connectivity index (χ1) is 13.9. The summed E-state index contributed by atoms with van der Waals surface area (Å²) in [5.74, 6) is 0.0249. The Morgan fingerprint density at radius 1 is 1.24 bits per heavy atom. The third kappa shape index (κ3) is 2.61. The van der Waals surface area contributed by atoms with E-state index in [0.717, 1.165) is 24.4 Å². The van der Waals surface area contributed by atoms with Crippen LogP contribution in [0.1, 0.15) is 72.9 Å². The molecule has 0 spiro atoms. The summed E-state index contributed by atoms with van der Waals surface area (Å²) in [5, 5.41) is 26.8. The quantitative estimate of drug-likeness (QED) is 0.619. The number of rotatable bonds is 4. The molecule has 6 heteroatoms. The number of aromatic hydroxyl groups is 1. The third-order valence-corrected chi connectivity index (χ3v) is 8.44. The molecule has 0 aromatic heterocycles. The number of ketones is 1.